The molecule has 4 nitrogen and oxygen atoms in total. The summed E-state index contributed by atoms with van der Waals surface area (Å²) in [6.07, 6.45) is 0.468. The SMILES string of the molecule is C[C@@H]1CC(=O)N(CCOc2ccc(Cl)cc2)c2ccccc2N1. The summed E-state index contributed by atoms with van der Waals surface area (Å²) in [5, 5.41) is 4.05. The van der Waals surface area contributed by atoms with Gasteiger partial charge in [0.05, 0.1) is 17.9 Å². The van der Waals surface area contributed by atoms with Gasteiger partial charge in [-0.1, -0.05) is 23.7 Å². The third kappa shape index (κ3) is 3.77. The second-order valence-corrected chi connectivity index (χ2v) is 6.05. The zero-order chi connectivity index (χ0) is 16.2. The van der Waals surface area contributed by atoms with Crippen LogP contribution >= 0.6 is 11.6 Å². The summed E-state index contributed by atoms with van der Waals surface area (Å²) in [4.78, 5) is 14.3. The summed E-state index contributed by atoms with van der Waals surface area (Å²) < 4.78 is 5.72. The molecule has 0 fully saturated rings. The van der Waals surface area contributed by atoms with Gasteiger partial charge in [0.25, 0.3) is 0 Å². The quantitative estimate of drug-likeness (QED) is 0.922. The van der Waals surface area contributed by atoms with Crippen molar-refractivity contribution in [2.45, 2.75) is 19.4 Å². The molecular weight excluding hydrogens is 312 g/mol. The minimum atomic E-state index is 0.106. The smallest absolute Gasteiger partial charge is 0.229 e. The first kappa shape index (κ1) is 15.7. The van der Waals surface area contributed by atoms with Crippen LogP contribution in [0.3, 0.4) is 0 Å². The Kier molecular flexibility index (Phi) is 4.72. The molecule has 2 aromatic rings. The van der Waals surface area contributed by atoms with Gasteiger partial charge in [-0.05, 0) is 43.3 Å². The van der Waals surface area contributed by atoms with E-state index >= 15 is 0 Å². The number of carbonyl (C=O) groups excluding carboxylic acids is 1. The predicted octanol–water partition coefficient (Wildman–Crippen LogP) is 3.96. The zero-order valence-electron chi connectivity index (χ0n) is 13.0. The lowest BCUT2D eigenvalue weighted by Gasteiger charge is -2.22. The largest absolute Gasteiger partial charge is 0.492 e. The summed E-state index contributed by atoms with van der Waals surface area (Å²) in [5.74, 6) is 0.853. The lowest BCUT2D eigenvalue weighted by Crippen LogP contribution is -2.35. The first-order chi connectivity index (χ1) is 11.1. The average Bonchev–Trinajstić information content (AvgIpc) is 2.65. The van der Waals surface area contributed by atoms with Gasteiger partial charge in [0, 0.05) is 17.5 Å². The van der Waals surface area contributed by atoms with E-state index < -0.39 is 0 Å². The minimum Gasteiger partial charge on any atom is -0.492 e. The highest BCUT2D eigenvalue weighted by atomic mass is 35.5. The number of halogens is 1. The third-order valence-electron chi connectivity index (χ3n) is 3.78. The van der Waals surface area contributed by atoms with Crippen LogP contribution < -0.4 is 15.0 Å². The number of hydrogen-bond donors (Lipinski definition) is 1. The van der Waals surface area contributed by atoms with Crippen LogP contribution in [0.1, 0.15) is 13.3 Å². The molecule has 1 aliphatic heterocycles. The second-order valence-electron chi connectivity index (χ2n) is 5.61. The van der Waals surface area contributed by atoms with Crippen molar-refractivity contribution in [3.8, 4) is 5.75 Å². The maximum Gasteiger partial charge on any atom is 0.229 e. The Balaban J connectivity index is 1.70. The molecular formula is C18H19ClN2O2. The molecule has 0 bridgehead atoms. The second kappa shape index (κ2) is 6.92. The van der Waals surface area contributed by atoms with Crippen molar-refractivity contribution in [3.63, 3.8) is 0 Å². The zero-order valence-corrected chi connectivity index (χ0v) is 13.7. The molecule has 1 N–H and O–H groups in total. The van der Waals surface area contributed by atoms with Gasteiger partial charge in [0.2, 0.25) is 5.91 Å². The Morgan fingerprint density at radius 2 is 1.96 bits per heavy atom. The van der Waals surface area contributed by atoms with Crippen LogP contribution in [0.2, 0.25) is 5.02 Å². The maximum atomic E-state index is 12.5. The molecule has 0 saturated carbocycles. The standard InChI is InChI=1S/C18H19ClN2O2/c1-13-12-18(22)21(17-5-3-2-4-16(17)20-13)10-11-23-15-8-6-14(19)7-9-15/h2-9,13,20H,10-12H2,1H3/t13-/m1/s1. The first-order valence-electron chi connectivity index (χ1n) is 7.68. The number of nitrogens with one attached hydrogen (secondary N) is 1. The third-order valence-corrected chi connectivity index (χ3v) is 4.03. The summed E-state index contributed by atoms with van der Waals surface area (Å²) in [6.45, 7) is 2.95. The highest BCUT2D eigenvalue weighted by Gasteiger charge is 2.24. The van der Waals surface area contributed by atoms with E-state index in [0.29, 0.717) is 24.6 Å². The van der Waals surface area contributed by atoms with Crippen molar-refractivity contribution in [2.75, 3.05) is 23.4 Å². The molecule has 1 aliphatic rings. The predicted molar refractivity (Wildman–Crippen MR) is 93.4 cm³/mol. The summed E-state index contributed by atoms with van der Waals surface area (Å²) in [7, 11) is 0. The highest BCUT2D eigenvalue weighted by molar-refractivity contribution is 6.30. The number of amides is 1. The molecule has 1 amide bonds. The Labute approximate surface area is 141 Å². The van der Waals surface area contributed by atoms with E-state index in [9.17, 15) is 4.79 Å². The van der Waals surface area contributed by atoms with Crippen molar-refractivity contribution in [1.29, 1.82) is 0 Å². The van der Waals surface area contributed by atoms with E-state index in [-0.39, 0.29) is 11.9 Å². The van der Waals surface area contributed by atoms with Crippen LogP contribution in [-0.4, -0.2) is 25.1 Å². The average molecular weight is 331 g/mol. The Morgan fingerprint density at radius 1 is 1.22 bits per heavy atom. The molecule has 0 radical (unpaired) electrons. The number of para-hydroxylation sites is 2. The lowest BCUT2D eigenvalue weighted by molar-refractivity contribution is -0.118. The van der Waals surface area contributed by atoms with E-state index in [1.807, 2.05) is 43.3 Å². The summed E-state index contributed by atoms with van der Waals surface area (Å²) in [6, 6.07) is 15.2. The van der Waals surface area contributed by atoms with Crippen LogP contribution in [0.25, 0.3) is 0 Å². The molecule has 1 heterocycles. The van der Waals surface area contributed by atoms with Gasteiger partial charge < -0.3 is 15.0 Å². The number of nitrogens with zero attached hydrogens (tertiary/aromatic N) is 1. The van der Waals surface area contributed by atoms with Gasteiger partial charge in [-0.3, -0.25) is 4.79 Å². The number of ether oxygens (including phenoxy) is 1. The number of hydrogen-bond acceptors (Lipinski definition) is 3. The fourth-order valence-electron chi connectivity index (χ4n) is 2.68. The topological polar surface area (TPSA) is 41.6 Å². The maximum absolute atomic E-state index is 12.5. The Morgan fingerprint density at radius 3 is 2.74 bits per heavy atom. The summed E-state index contributed by atoms with van der Waals surface area (Å²) >= 11 is 5.86. The van der Waals surface area contributed by atoms with Crippen LogP contribution in [0, 0.1) is 0 Å². The number of benzene rings is 2. The Hall–Kier alpha value is -2.20. The van der Waals surface area contributed by atoms with Crippen LogP contribution in [-0.2, 0) is 4.79 Å². The van der Waals surface area contributed by atoms with Crippen molar-refractivity contribution >= 4 is 28.9 Å². The highest BCUT2D eigenvalue weighted by Crippen LogP contribution is 2.30. The van der Waals surface area contributed by atoms with Gasteiger partial charge in [-0.25, -0.2) is 0 Å². The minimum absolute atomic E-state index is 0.106. The van der Waals surface area contributed by atoms with Gasteiger partial charge in [-0.15, -0.1) is 0 Å². The molecule has 3 rings (SSSR count). The van der Waals surface area contributed by atoms with E-state index in [1.165, 1.54) is 0 Å². The normalized spacial score (nSPS) is 17.2. The fourth-order valence-corrected chi connectivity index (χ4v) is 2.81. The number of fused-ring (bicyclic) bond motifs is 1. The van der Waals surface area contributed by atoms with Gasteiger partial charge in [-0.2, -0.15) is 0 Å². The molecule has 5 heteroatoms. The van der Waals surface area contributed by atoms with E-state index in [2.05, 4.69) is 5.32 Å². The fraction of sp³-hybridized carbons (Fsp3) is 0.278. The molecule has 0 spiro atoms. The molecule has 0 aliphatic carbocycles. The van der Waals surface area contributed by atoms with Crippen molar-refractivity contribution in [1.82, 2.24) is 0 Å². The Bertz CT molecular complexity index is 688. The molecule has 2 aromatic carbocycles. The lowest BCUT2D eigenvalue weighted by atomic mass is 10.2. The van der Waals surface area contributed by atoms with Gasteiger partial charge >= 0.3 is 0 Å². The van der Waals surface area contributed by atoms with E-state index in [4.69, 9.17) is 16.3 Å². The molecule has 0 saturated heterocycles. The molecule has 120 valence electrons. The number of carbonyl (C=O) groups is 1. The summed E-state index contributed by atoms with van der Waals surface area (Å²) in [5.41, 5.74) is 1.89. The van der Waals surface area contributed by atoms with Crippen LogP contribution in [0.15, 0.2) is 48.5 Å². The number of anilines is 2. The molecule has 23 heavy (non-hydrogen) atoms. The monoisotopic (exact) mass is 330 g/mol. The van der Waals surface area contributed by atoms with Gasteiger partial charge in [0.1, 0.15) is 12.4 Å². The van der Waals surface area contributed by atoms with E-state index in [0.717, 1.165) is 17.1 Å². The van der Waals surface area contributed by atoms with Crippen molar-refractivity contribution in [2.24, 2.45) is 0 Å². The first-order valence-corrected chi connectivity index (χ1v) is 8.05. The van der Waals surface area contributed by atoms with Gasteiger partial charge in [0.15, 0.2) is 0 Å². The molecule has 1 atom stereocenters. The molecule has 0 aromatic heterocycles. The van der Waals surface area contributed by atoms with Crippen molar-refractivity contribution < 1.29 is 9.53 Å². The van der Waals surface area contributed by atoms with E-state index in [1.54, 1.807) is 17.0 Å². The number of rotatable bonds is 4. The van der Waals surface area contributed by atoms with Crippen LogP contribution in [0.5, 0.6) is 5.75 Å². The molecule has 0 unspecified atom stereocenters. The van der Waals surface area contributed by atoms with Crippen LogP contribution in [0.4, 0.5) is 11.4 Å². The van der Waals surface area contributed by atoms with Crippen molar-refractivity contribution in [3.05, 3.63) is 53.6 Å².